The second kappa shape index (κ2) is 6.98. The van der Waals surface area contributed by atoms with E-state index in [1.54, 1.807) is 6.07 Å². The van der Waals surface area contributed by atoms with E-state index in [9.17, 15) is 14.7 Å². The van der Waals surface area contributed by atoms with Crippen LogP contribution in [-0.2, 0) is 16.0 Å². The van der Waals surface area contributed by atoms with Gasteiger partial charge in [-0.25, -0.2) is 0 Å². The van der Waals surface area contributed by atoms with Crippen LogP contribution in [0.4, 0.5) is 0 Å². The van der Waals surface area contributed by atoms with E-state index in [1.165, 1.54) is 26.2 Å². The number of Topliss-reactive ketones (excluding diaryl/α,β-unsaturated/α-hetero) is 1. The summed E-state index contributed by atoms with van der Waals surface area (Å²) in [6, 6.07) is 3.78. The van der Waals surface area contributed by atoms with Crippen molar-refractivity contribution in [2.24, 2.45) is 5.73 Å². The van der Waals surface area contributed by atoms with Crippen molar-refractivity contribution in [2.75, 3.05) is 7.11 Å². The number of carbonyl (C=O) groups excluding carboxylic acids is 2. The molecule has 0 aliphatic rings. The van der Waals surface area contributed by atoms with Crippen LogP contribution in [0.15, 0.2) is 18.2 Å². The van der Waals surface area contributed by atoms with Gasteiger partial charge in [0.15, 0.2) is 5.78 Å². The third-order valence-electron chi connectivity index (χ3n) is 2.40. The third kappa shape index (κ3) is 4.01. The van der Waals surface area contributed by atoms with Crippen LogP contribution in [0.5, 0.6) is 5.75 Å². The fraction of sp³-hybridized carbons (Fsp3) is 0.333. The summed E-state index contributed by atoms with van der Waals surface area (Å²) in [7, 11) is 1.26. The number of phenolic OH excluding ortho intramolecular Hbond substituents is 1. The monoisotopic (exact) mass is 273 g/mol. The molecule has 100 valence electrons. The van der Waals surface area contributed by atoms with Crippen LogP contribution < -0.4 is 5.73 Å². The molecule has 0 amide bonds. The number of ether oxygens (including phenoxy) is 1. The molecule has 0 aromatic heterocycles. The van der Waals surface area contributed by atoms with E-state index < -0.39 is 12.0 Å². The van der Waals surface area contributed by atoms with Crippen LogP contribution in [-0.4, -0.2) is 30.0 Å². The lowest BCUT2D eigenvalue weighted by Gasteiger charge is -2.10. The first-order chi connectivity index (χ1) is 7.95. The maximum Gasteiger partial charge on any atom is 0.322 e. The molecule has 1 aromatic rings. The number of methoxy groups -OCH3 is 1. The summed E-state index contributed by atoms with van der Waals surface area (Å²) in [6.07, 6.45) is 0.257. The van der Waals surface area contributed by atoms with Crippen LogP contribution >= 0.6 is 12.4 Å². The van der Waals surface area contributed by atoms with Gasteiger partial charge in [-0.1, -0.05) is 6.07 Å². The van der Waals surface area contributed by atoms with Gasteiger partial charge in [0.1, 0.15) is 11.8 Å². The van der Waals surface area contributed by atoms with Gasteiger partial charge < -0.3 is 15.6 Å². The Morgan fingerprint density at radius 1 is 1.44 bits per heavy atom. The van der Waals surface area contributed by atoms with E-state index in [1.807, 2.05) is 0 Å². The number of benzene rings is 1. The number of nitrogens with two attached hydrogens (primary N) is 1. The van der Waals surface area contributed by atoms with Gasteiger partial charge in [-0.05, 0) is 31.0 Å². The van der Waals surface area contributed by atoms with Crippen LogP contribution in [0.1, 0.15) is 22.8 Å². The summed E-state index contributed by atoms with van der Waals surface area (Å²) in [5.41, 5.74) is 6.52. The Bertz CT molecular complexity index is 448. The van der Waals surface area contributed by atoms with Crippen molar-refractivity contribution in [1.82, 2.24) is 0 Å². The zero-order chi connectivity index (χ0) is 13.0. The molecule has 0 aliphatic carbocycles. The normalized spacial score (nSPS) is 11.3. The lowest BCUT2D eigenvalue weighted by Crippen LogP contribution is -2.33. The molecule has 0 heterocycles. The first-order valence-electron chi connectivity index (χ1n) is 5.12. The minimum Gasteiger partial charge on any atom is -0.507 e. The zero-order valence-electron chi connectivity index (χ0n) is 10.2. The van der Waals surface area contributed by atoms with Gasteiger partial charge in [0.2, 0.25) is 0 Å². The Kier molecular flexibility index (Phi) is 6.36. The quantitative estimate of drug-likeness (QED) is 0.632. The molecule has 1 aromatic carbocycles. The third-order valence-corrected chi connectivity index (χ3v) is 2.40. The molecule has 3 N–H and O–H groups in total. The Morgan fingerprint density at radius 2 is 2.06 bits per heavy atom. The molecule has 0 saturated heterocycles. The van der Waals surface area contributed by atoms with Crippen molar-refractivity contribution in [3.05, 3.63) is 29.3 Å². The molecule has 1 unspecified atom stereocenters. The zero-order valence-corrected chi connectivity index (χ0v) is 11.0. The van der Waals surface area contributed by atoms with Crippen LogP contribution in [0, 0.1) is 0 Å². The standard InChI is InChI=1S/C12H15NO4.ClH/c1-7(14)9-5-8(3-4-11(9)15)6-10(13)12(16)17-2;/h3-5,10,15H,6,13H2,1-2H3;1H. The fourth-order valence-corrected chi connectivity index (χ4v) is 1.48. The number of phenols is 1. The van der Waals surface area contributed by atoms with Crippen LogP contribution in [0.2, 0.25) is 0 Å². The molecule has 0 fully saturated rings. The van der Waals surface area contributed by atoms with Crippen molar-refractivity contribution in [1.29, 1.82) is 0 Å². The van der Waals surface area contributed by atoms with Crippen LogP contribution in [0.25, 0.3) is 0 Å². The molecule has 1 atom stereocenters. The van der Waals surface area contributed by atoms with Crippen LogP contribution in [0.3, 0.4) is 0 Å². The van der Waals surface area contributed by atoms with Crippen molar-refractivity contribution >= 4 is 24.2 Å². The average molecular weight is 274 g/mol. The molecule has 6 heteroatoms. The van der Waals surface area contributed by atoms with Gasteiger partial charge in [0, 0.05) is 0 Å². The van der Waals surface area contributed by atoms with Crippen molar-refractivity contribution in [3.63, 3.8) is 0 Å². The van der Waals surface area contributed by atoms with Gasteiger partial charge in [-0.15, -0.1) is 12.4 Å². The Morgan fingerprint density at radius 3 is 2.56 bits per heavy atom. The minimum atomic E-state index is -0.774. The predicted molar refractivity (Wildman–Crippen MR) is 69.1 cm³/mol. The SMILES string of the molecule is COC(=O)C(N)Cc1ccc(O)c(C(C)=O)c1.Cl. The Balaban J connectivity index is 0.00000289. The first-order valence-corrected chi connectivity index (χ1v) is 5.12. The van der Waals surface area contributed by atoms with E-state index in [2.05, 4.69) is 4.74 Å². The smallest absolute Gasteiger partial charge is 0.322 e. The average Bonchev–Trinajstić information content (AvgIpc) is 2.30. The van der Waals surface area contributed by atoms with Gasteiger partial charge in [0.25, 0.3) is 0 Å². The summed E-state index contributed by atoms with van der Waals surface area (Å²) in [4.78, 5) is 22.3. The molecule has 0 aliphatic heterocycles. The summed E-state index contributed by atoms with van der Waals surface area (Å²) in [5, 5.41) is 9.45. The van der Waals surface area contributed by atoms with Gasteiger partial charge in [-0.2, -0.15) is 0 Å². The van der Waals surface area contributed by atoms with E-state index >= 15 is 0 Å². The molecule has 5 nitrogen and oxygen atoms in total. The first kappa shape index (κ1) is 16.4. The number of ketones is 1. The molecule has 18 heavy (non-hydrogen) atoms. The number of halogens is 1. The number of rotatable bonds is 4. The fourth-order valence-electron chi connectivity index (χ4n) is 1.48. The maximum absolute atomic E-state index is 11.2. The topological polar surface area (TPSA) is 89.6 Å². The summed E-state index contributed by atoms with van der Waals surface area (Å²) >= 11 is 0. The summed E-state index contributed by atoms with van der Waals surface area (Å²) in [5.74, 6) is -0.827. The van der Waals surface area contributed by atoms with E-state index in [0.717, 1.165) is 0 Å². The van der Waals surface area contributed by atoms with Crippen molar-refractivity contribution < 1.29 is 19.4 Å². The Labute approximate surface area is 111 Å². The number of esters is 1. The highest BCUT2D eigenvalue weighted by atomic mass is 35.5. The van der Waals surface area contributed by atoms with Gasteiger partial charge >= 0.3 is 5.97 Å². The Hall–Kier alpha value is -1.59. The largest absolute Gasteiger partial charge is 0.507 e. The van der Waals surface area contributed by atoms with Crippen molar-refractivity contribution in [3.8, 4) is 5.75 Å². The molecule has 0 spiro atoms. The minimum absolute atomic E-state index is 0. The lowest BCUT2D eigenvalue weighted by atomic mass is 10.0. The summed E-state index contributed by atoms with van der Waals surface area (Å²) in [6.45, 7) is 1.36. The molecular formula is C12H16ClNO4. The van der Waals surface area contributed by atoms with E-state index in [4.69, 9.17) is 5.73 Å². The second-order valence-electron chi connectivity index (χ2n) is 3.74. The molecule has 1 rings (SSSR count). The predicted octanol–water partition coefficient (Wildman–Crippen LogP) is 1.06. The van der Waals surface area contributed by atoms with E-state index in [-0.39, 0.29) is 35.9 Å². The number of hydrogen-bond donors (Lipinski definition) is 2. The molecule has 0 saturated carbocycles. The number of aromatic hydroxyl groups is 1. The summed E-state index contributed by atoms with van der Waals surface area (Å²) < 4.78 is 4.51. The highest BCUT2D eigenvalue weighted by molar-refractivity contribution is 5.96. The highest BCUT2D eigenvalue weighted by Crippen LogP contribution is 2.19. The number of carbonyl (C=O) groups is 2. The molecular weight excluding hydrogens is 258 g/mol. The molecule has 0 radical (unpaired) electrons. The van der Waals surface area contributed by atoms with Gasteiger partial charge in [0.05, 0.1) is 12.7 Å². The maximum atomic E-state index is 11.2. The van der Waals surface area contributed by atoms with Gasteiger partial charge in [-0.3, -0.25) is 9.59 Å². The number of hydrogen-bond acceptors (Lipinski definition) is 5. The van der Waals surface area contributed by atoms with E-state index in [0.29, 0.717) is 5.56 Å². The molecule has 0 bridgehead atoms. The second-order valence-corrected chi connectivity index (χ2v) is 3.74. The highest BCUT2D eigenvalue weighted by Gasteiger charge is 2.15. The lowest BCUT2D eigenvalue weighted by molar-refractivity contribution is -0.142. The van der Waals surface area contributed by atoms with Crippen molar-refractivity contribution in [2.45, 2.75) is 19.4 Å².